The molecule has 0 bridgehead atoms. The van der Waals surface area contributed by atoms with Gasteiger partial charge in [0.15, 0.2) is 5.82 Å². The zero-order valence-electron chi connectivity index (χ0n) is 15.2. The van der Waals surface area contributed by atoms with Crippen molar-refractivity contribution in [3.63, 3.8) is 0 Å². The van der Waals surface area contributed by atoms with E-state index >= 15 is 0 Å². The first-order valence-corrected chi connectivity index (χ1v) is 11.5. The summed E-state index contributed by atoms with van der Waals surface area (Å²) in [5.74, 6) is 1.55. The van der Waals surface area contributed by atoms with E-state index in [4.69, 9.17) is 4.74 Å². The van der Waals surface area contributed by atoms with Crippen LogP contribution >= 0.6 is 11.3 Å². The number of ether oxygens (including phenoxy) is 1. The van der Waals surface area contributed by atoms with Crippen LogP contribution in [0.2, 0.25) is 0 Å². The maximum absolute atomic E-state index is 11.9. The van der Waals surface area contributed by atoms with Crippen molar-refractivity contribution in [3.8, 4) is 16.3 Å². The van der Waals surface area contributed by atoms with Crippen LogP contribution in [-0.4, -0.2) is 58.5 Å². The molecular weight excluding hydrogens is 386 g/mol. The summed E-state index contributed by atoms with van der Waals surface area (Å²) in [6.07, 6.45) is 2.94. The normalized spacial score (nSPS) is 18.8. The number of piperidine rings is 1. The molecule has 0 amide bonds. The molecule has 1 aliphatic heterocycles. The summed E-state index contributed by atoms with van der Waals surface area (Å²) >= 11 is 1.47. The molecular formula is C17H21N5O3S2. The van der Waals surface area contributed by atoms with Crippen LogP contribution in [0.3, 0.4) is 0 Å². The molecule has 0 saturated carbocycles. The fourth-order valence-corrected chi connectivity index (χ4v) is 5.08. The van der Waals surface area contributed by atoms with Gasteiger partial charge in [-0.25, -0.2) is 12.7 Å². The molecule has 10 heteroatoms. The summed E-state index contributed by atoms with van der Waals surface area (Å²) in [6.45, 7) is 3.57. The summed E-state index contributed by atoms with van der Waals surface area (Å²) in [4.78, 5) is 0.713. The minimum Gasteiger partial charge on any atom is -0.494 e. The van der Waals surface area contributed by atoms with Crippen molar-refractivity contribution in [2.75, 3.05) is 26.0 Å². The van der Waals surface area contributed by atoms with E-state index in [1.807, 2.05) is 31.2 Å². The molecule has 0 radical (unpaired) electrons. The Labute approximate surface area is 161 Å². The molecule has 1 aliphatic rings. The summed E-state index contributed by atoms with van der Waals surface area (Å²) < 4.78 is 32.5. The quantitative estimate of drug-likeness (QED) is 0.645. The smallest absolute Gasteiger partial charge is 0.234 e. The molecule has 8 nitrogen and oxygen atoms in total. The van der Waals surface area contributed by atoms with Gasteiger partial charge in [0.2, 0.25) is 15.0 Å². The molecule has 0 aliphatic carbocycles. The van der Waals surface area contributed by atoms with E-state index in [1.54, 1.807) is 4.52 Å². The predicted octanol–water partition coefficient (Wildman–Crippen LogP) is 2.39. The molecule has 0 N–H and O–H groups in total. The fourth-order valence-electron chi connectivity index (χ4n) is 3.32. The lowest BCUT2D eigenvalue weighted by molar-refractivity contribution is 0.309. The van der Waals surface area contributed by atoms with Crippen LogP contribution in [-0.2, 0) is 10.0 Å². The Kier molecular flexibility index (Phi) is 4.87. The maximum atomic E-state index is 11.9. The van der Waals surface area contributed by atoms with Gasteiger partial charge in [-0.1, -0.05) is 11.3 Å². The predicted molar refractivity (Wildman–Crippen MR) is 104 cm³/mol. The third-order valence-electron chi connectivity index (χ3n) is 4.65. The molecule has 2 aromatic heterocycles. The van der Waals surface area contributed by atoms with Gasteiger partial charge in [-0.15, -0.1) is 10.2 Å². The van der Waals surface area contributed by atoms with Gasteiger partial charge in [0, 0.05) is 24.6 Å². The van der Waals surface area contributed by atoms with E-state index in [-0.39, 0.29) is 5.92 Å². The minimum atomic E-state index is -3.20. The fraction of sp³-hybridized carbons (Fsp3) is 0.471. The number of benzene rings is 1. The van der Waals surface area contributed by atoms with Gasteiger partial charge < -0.3 is 4.74 Å². The van der Waals surface area contributed by atoms with Crippen molar-refractivity contribution in [1.29, 1.82) is 0 Å². The highest BCUT2D eigenvalue weighted by Crippen LogP contribution is 2.31. The van der Waals surface area contributed by atoms with Crippen molar-refractivity contribution in [2.45, 2.75) is 25.7 Å². The van der Waals surface area contributed by atoms with Crippen molar-refractivity contribution < 1.29 is 13.2 Å². The molecule has 144 valence electrons. The zero-order valence-corrected chi connectivity index (χ0v) is 16.8. The van der Waals surface area contributed by atoms with Gasteiger partial charge in [0.25, 0.3) is 0 Å². The van der Waals surface area contributed by atoms with Gasteiger partial charge in [0.05, 0.1) is 12.9 Å². The highest BCUT2D eigenvalue weighted by molar-refractivity contribution is 7.88. The SMILES string of the molecule is CCOc1ccc(-c2nn3c(C4CCCN(S(C)(=O)=O)C4)nnc3s2)cc1. The monoisotopic (exact) mass is 407 g/mol. The molecule has 4 rings (SSSR count). The van der Waals surface area contributed by atoms with E-state index in [1.165, 1.54) is 21.9 Å². The largest absolute Gasteiger partial charge is 0.494 e. The van der Waals surface area contributed by atoms with Crippen LogP contribution in [0, 0.1) is 0 Å². The van der Waals surface area contributed by atoms with Gasteiger partial charge in [-0.05, 0) is 44.0 Å². The maximum Gasteiger partial charge on any atom is 0.234 e. The Morgan fingerprint density at radius 3 is 2.74 bits per heavy atom. The van der Waals surface area contributed by atoms with Gasteiger partial charge >= 0.3 is 0 Å². The average molecular weight is 408 g/mol. The first-order valence-electron chi connectivity index (χ1n) is 8.86. The van der Waals surface area contributed by atoms with Crippen molar-refractivity contribution >= 4 is 26.3 Å². The minimum absolute atomic E-state index is 0.00115. The van der Waals surface area contributed by atoms with Crippen LogP contribution in [0.25, 0.3) is 15.5 Å². The lowest BCUT2D eigenvalue weighted by Crippen LogP contribution is -2.38. The Bertz CT molecular complexity index is 1040. The molecule has 27 heavy (non-hydrogen) atoms. The standard InChI is InChI=1S/C17H21N5O3S2/c1-3-25-14-8-6-12(7-9-14)16-20-22-15(18-19-17(22)26-16)13-5-4-10-21(11-13)27(2,23)24/h6-9,13H,3-5,10-11H2,1-2H3. The number of rotatable bonds is 5. The Balaban J connectivity index is 1.62. The van der Waals surface area contributed by atoms with Gasteiger partial charge in [-0.3, -0.25) is 0 Å². The third kappa shape index (κ3) is 3.69. The number of fused-ring (bicyclic) bond motifs is 1. The second-order valence-corrected chi connectivity index (χ2v) is 9.52. The number of hydrogen-bond acceptors (Lipinski definition) is 7. The van der Waals surface area contributed by atoms with E-state index in [0.717, 1.165) is 35.0 Å². The number of hydrogen-bond donors (Lipinski definition) is 0. The van der Waals surface area contributed by atoms with Crippen LogP contribution in [0.15, 0.2) is 24.3 Å². The highest BCUT2D eigenvalue weighted by atomic mass is 32.2. The number of sulfonamides is 1. The average Bonchev–Trinajstić information content (AvgIpc) is 3.23. The molecule has 3 heterocycles. The van der Waals surface area contributed by atoms with E-state index in [2.05, 4.69) is 15.3 Å². The summed E-state index contributed by atoms with van der Waals surface area (Å²) in [7, 11) is -3.20. The van der Waals surface area contributed by atoms with Crippen LogP contribution in [0.5, 0.6) is 5.75 Å². The Morgan fingerprint density at radius 2 is 2.04 bits per heavy atom. The van der Waals surface area contributed by atoms with Crippen molar-refractivity contribution in [1.82, 2.24) is 24.1 Å². The zero-order chi connectivity index (χ0) is 19.0. The Hall–Kier alpha value is -2.04. The number of nitrogens with zero attached hydrogens (tertiary/aromatic N) is 5. The van der Waals surface area contributed by atoms with Crippen molar-refractivity contribution in [2.24, 2.45) is 0 Å². The van der Waals surface area contributed by atoms with Crippen LogP contribution in [0.4, 0.5) is 0 Å². The molecule has 1 atom stereocenters. The first-order chi connectivity index (χ1) is 13.0. The van der Waals surface area contributed by atoms with Gasteiger partial charge in [0.1, 0.15) is 10.8 Å². The summed E-state index contributed by atoms with van der Waals surface area (Å²) in [5.41, 5.74) is 0.987. The summed E-state index contributed by atoms with van der Waals surface area (Å²) in [6, 6.07) is 7.80. The molecule has 0 spiro atoms. The van der Waals surface area contributed by atoms with Crippen molar-refractivity contribution in [3.05, 3.63) is 30.1 Å². The first kappa shape index (κ1) is 18.3. The highest BCUT2D eigenvalue weighted by Gasteiger charge is 2.30. The number of aromatic nitrogens is 4. The van der Waals surface area contributed by atoms with E-state index < -0.39 is 10.0 Å². The second-order valence-electron chi connectivity index (χ2n) is 6.58. The van der Waals surface area contributed by atoms with Crippen LogP contribution in [0.1, 0.15) is 31.5 Å². The lowest BCUT2D eigenvalue weighted by Gasteiger charge is -2.29. The Morgan fingerprint density at radius 1 is 1.26 bits per heavy atom. The van der Waals surface area contributed by atoms with E-state index in [9.17, 15) is 8.42 Å². The summed E-state index contributed by atoms with van der Waals surface area (Å²) in [5, 5.41) is 14.1. The third-order valence-corrected chi connectivity index (χ3v) is 6.86. The topological polar surface area (TPSA) is 89.7 Å². The molecule has 1 unspecified atom stereocenters. The van der Waals surface area contributed by atoms with E-state index in [0.29, 0.717) is 24.7 Å². The molecule has 1 aromatic carbocycles. The van der Waals surface area contributed by atoms with Gasteiger partial charge in [-0.2, -0.15) is 9.61 Å². The molecule has 1 saturated heterocycles. The molecule has 3 aromatic rings. The second kappa shape index (κ2) is 7.17. The molecule has 1 fully saturated rings. The lowest BCUT2D eigenvalue weighted by atomic mass is 9.99. The van der Waals surface area contributed by atoms with Crippen LogP contribution < -0.4 is 4.74 Å².